The first-order valence-electron chi connectivity index (χ1n) is 12.0. The van der Waals surface area contributed by atoms with Crippen LogP contribution in [-0.4, -0.2) is 51.2 Å². The summed E-state index contributed by atoms with van der Waals surface area (Å²) in [6.07, 6.45) is 8.68. The number of H-pyrrole nitrogens is 1. The predicted octanol–water partition coefficient (Wildman–Crippen LogP) is 4.69. The first-order chi connectivity index (χ1) is 16.5. The van der Waals surface area contributed by atoms with Crippen LogP contribution in [0.25, 0.3) is 27.7 Å². The van der Waals surface area contributed by atoms with Crippen LogP contribution in [-0.2, 0) is 4.79 Å². The fourth-order valence-electron chi connectivity index (χ4n) is 5.90. The number of nitrogens with zero attached hydrogens (tertiary/aromatic N) is 2. The second-order valence-electron chi connectivity index (χ2n) is 9.76. The van der Waals surface area contributed by atoms with Crippen molar-refractivity contribution in [1.82, 2.24) is 14.9 Å². The van der Waals surface area contributed by atoms with Crippen LogP contribution >= 0.6 is 0 Å². The van der Waals surface area contributed by atoms with Gasteiger partial charge in [0, 0.05) is 34.8 Å². The minimum absolute atomic E-state index is 0.0332. The average molecular weight is 462 g/mol. The molecule has 2 atom stereocenters. The minimum Gasteiger partial charge on any atom is -0.496 e. The van der Waals surface area contributed by atoms with Crippen LogP contribution < -0.4 is 4.74 Å². The monoisotopic (exact) mass is 461 g/mol. The van der Waals surface area contributed by atoms with Gasteiger partial charge in [0.2, 0.25) is 5.91 Å². The predicted molar refractivity (Wildman–Crippen MR) is 128 cm³/mol. The van der Waals surface area contributed by atoms with Crippen molar-refractivity contribution in [3.05, 3.63) is 54.1 Å². The molecular formula is C27H28FN3O3. The Morgan fingerprint density at radius 1 is 1.21 bits per heavy atom. The maximum absolute atomic E-state index is 14.1. The third-order valence-electron chi connectivity index (χ3n) is 7.68. The van der Waals surface area contributed by atoms with Gasteiger partial charge in [0.15, 0.2) is 0 Å². The number of halogens is 1. The van der Waals surface area contributed by atoms with E-state index in [1.807, 2.05) is 6.07 Å². The third kappa shape index (κ3) is 3.50. The van der Waals surface area contributed by atoms with Gasteiger partial charge in [-0.3, -0.25) is 4.79 Å². The number of pyridine rings is 1. The molecule has 2 unspecified atom stereocenters. The molecule has 1 amide bonds. The van der Waals surface area contributed by atoms with Crippen LogP contribution in [0.5, 0.6) is 5.75 Å². The first kappa shape index (κ1) is 21.4. The maximum atomic E-state index is 14.1. The summed E-state index contributed by atoms with van der Waals surface area (Å²) in [5, 5.41) is 10.6. The maximum Gasteiger partial charge on any atom is 0.226 e. The highest BCUT2D eigenvalue weighted by Gasteiger charge is 2.43. The summed E-state index contributed by atoms with van der Waals surface area (Å²) in [4.78, 5) is 23.2. The lowest BCUT2D eigenvalue weighted by molar-refractivity contribution is -0.148. The van der Waals surface area contributed by atoms with E-state index in [-0.39, 0.29) is 35.8 Å². The van der Waals surface area contributed by atoms with Gasteiger partial charge in [-0.15, -0.1) is 0 Å². The second kappa shape index (κ2) is 8.24. The van der Waals surface area contributed by atoms with Crippen LogP contribution in [0.1, 0.15) is 44.2 Å². The molecule has 176 valence electrons. The minimum atomic E-state index is -0.325. The lowest BCUT2D eigenvalue weighted by Crippen LogP contribution is -2.55. The number of nitrogens with one attached hydrogen (secondary N) is 1. The normalized spacial score (nSPS) is 26.2. The van der Waals surface area contributed by atoms with Crippen molar-refractivity contribution in [3.8, 4) is 16.9 Å². The smallest absolute Gasteiger partial charge is 0.226 e. The Labute approximate surface area is 197 Å². The van der Waals surface area contributed by atoms with E-state index >= 15 is 0 Å². The van der Waals surface area contributed by atoms with Gasteiger partial charge in [0.1, 0.15) is 17.2 Å². The zero-order valence-corrected chi connectivity index (χ0v) is 19.1. The van der Waals surface area contributed by atoms with Gasteiger partial charge in [-0.2, -0.15) is 0 Å². The number of rotatable bonds is 4. The summed E-state index contributed by atoms with van der Waals surface area (Å²) in [6, 6.07) is 8.78. The Bertz CT molecular complexity index is 1290. The van der Waals surface area contributed by atoms with Gasteiger partial charge < -0.3 is 19.7 Å². The standard InChI is InChI=1S/C27H28FN3O3/c1-34-25-6-5-17(28)13-22(25)21-7-8-29-26-23(21)14-24(30-26)15-9-18-3-2-4-19(10-15)31(18)27(33)16-11-20(32)12-16/h5-9,13-14,16,18-20,32H,2-4,10-12H2,1H3,(H,29,30). The molecule has 1 aliphatic carbocycles. The summed E-state index contributed by atoms with van der Waals surface area (Å²) in [6.45, 7) is 0. The van der Waals surface area contributed by atoms with E-state index in [0.717, 1.165) is 48.0 Å². The van der Waals surface area contributed by atoms with E-state index in [2.05, 4.69) is 27.0 Å². The number of hydrogen-bond donors (Lipinski definition) is 2. The molecule has 1 aromatic carbocycles. The lowest BCUT2D eigenvalue weighted by atomic mass is 9.78. The number of ether oxygens (including phenoxy) is 1. The van der Waals surface area contributed by atoms with E-state index in [1.54, 1.807) is 19.4 Å². The highest BCUT2D eigenvalue weighted by Crippen LogP contribution is 2.42. The molecule has 2 fully saturated rings. The van der Waals surface area contributed by atoms with Crippen molar-refractivity contribution in [2.45, 2.75) is 56.7 Å². The van der Waals surface area contributed by atoms with Crippen LogP contribution in [0.15, 0.2) is 42.6 Å². The van der Waals surface area contributed by atoms with Crippen LogP contribution in [0.4, 0.5) is 4.39 Å². The van der Waals surface area contributed by atoms with Gasteiger partial charge in [-0.05, 0) is 80.0 Å². The largest absolute Gasteiger partial charge is 0.496 e. The number of aromatic nitrogens is 2. The Balaban J connectivity index is 1.36. The summed E-state index contributed by atoms with van der Waals surface area (Å²) >= 11 is 0. The second-order valence-corrected chi connectivity index (χ2v) is 9.76. The van der Waals surface area contributed by atoms with E-state index in [9.17, 15) is 14.3 Å². The number of aromatic amines is 1. The molecule has 34 heavy (non-hydrogen) atoms. The molecule has 1 saturated carbocycles. The van der Waals surface area contributed by atoms with Crippen molar-refractivity contribution in [2.75, 3.05) is 7.11 Å². The molecular weight excluding hydrogens is 433 g/mol. The Kier molecular flexibility index (Phi) is 5.17. The quantitative estimate of drug-likeness (QED) is 0.591. The molecule has 2 bridgehead atoms. The number of aliphatic hydroxyl groups excluding tert-OH is 1. The Morgan fingerprint density at radius 3 is 2.82 bits per heavy atom. The number of piperidine rings is 1. The fourth-order valence-corrected chi connectivity index (χ4v) is 5.90. The number of hydrogen-bond acceptors (Lipinski definition) is 4. The van der Waals surface area contributed by atoms with Crippen molar-refractivity contribution in [1.29, 1.82) is 0 Å². The zero-order chi connectivity index (χ0) is 23.4. The molecule has 4 heterocycles. The van der Waals surface area contributed by atoms with Crippen molar-refractivity contribution in [3.63, 3.8) is 0 Å². The van der Waals surface area contributed by atoms with Crippen molar-refractivity contribution in [2.24, 2.45) is 5.92 Å². The summed E-state index contributed by atoms with van der Waals surface area (Å²) in [5.74, 6) is 0.463. The van der Waals surface area contributed by atoms with E-state index < -0.39 is 0 Å². The number of carbonyl (C=O) groups is 1. The molecule has 0 spiro atoms. The summed E-state index contributed by atoms with van der Waals surface area (Å²) in [7, 11) is 1.58. The Hall–Kier alpha value is -3.19. The molecule has 6 rings (SSSR count). The van der Waals surface area contributed by atoms with E-state index in [4.69, 9.17) is 4.74 Å². The van der Waals surface area contributed by atoms with E-state index in [0.29, 0.717) is 24.2 Å². The number of amides is 1. The molecule has 6 nitrogen and oxygen atoms in total. The molecule has 7 heteroatoms. The summed E-state index contributed by atoms with van der Waals surface area (Å²) in [5.41, 5.74) is 4.48. The van der Waals surface area contributed by atoms with Gasteiger partial charge in [0.05, 0.1) is 19.3 Å². The Morgan fingerprint density at radius 2 is 2.06 bits per heavy atom. The zero-order valence-electron chi connectivity index (χ0n) is 19.1. The van der Waals surface area contributed by atoms with Crippen molar-refractivity contribution < 1.29 is 19.0 Å². The number of fused-ring (bicyclic) bond motifs is 3. The first-order valence-corrected chi connectivity index (χ1v) is 12.0. The SMILES string of the molecule is COc1ccc(F)cc1-c1ccnc2[nH]c(C3=CC4CCCC(C3)N4C(=O)C3CC(O)C3)cc12. The molecule has 2 N–H and O–H groups in total. The third-order valence-corrected chi connectivity index (χ3v) is 7.68. The molecule has 2 aromatic heterocycles. The highest BCUT2D eigenvalue weighted by atomic mass is 19.1. The van der Waals surface area contributed by atoms with Gasteiger partial charge >= 0.3 is 0 Å². The number of aliphatic hydroxyl groups is 1. The number of benzene rings is 1. The average Bonchev–Trinajstić information content (AvgIpc) is 3.25. The summed E-state index contributed by atoms with van der Waals surface area (Å²) < 4.78 is 19.6. The van der Waals surface area contributed by atoms with Crippen LogP contribution in [0.2, 0.25) is 0 Å². The fraction of sp³-hybridized carbons (Fsp3) is 0.407. The molecule has 3 aliphatic rings. The van der Waals surface area contributed by atoms with Gasteiger partial charge in [0.25, 0.3) is 0 Å². The van der Waals surface area contributed by atoms with Crippen LogP contribution in [0.3, 0.4) is 0 Å². The molecule has 2 aliphatic heterocycles. The molecule has 0 radical (unpaired) electrons. The molecule has 1 saturated heterocycles. The van der Waals surface area contributed by atoms with Gasteiger partial charge in [-0.25, -0.2) is 9.37 Å². The number of methoxy groups -OCH3 is 1. The lowest BCUT2D eigenvalue weighted by Gasteiger charge is -2.48. The number of carbonyl (C=O) groups excluding carboxylic acids is 1. The van der Waals surface area contributed by atoms with E-state index in [1.165, 1.54) is 17.7 Å². The van der Waals surface area contributed by atoms with Gasteiger partial charge in [-0.1, -0.05) is 6.08 Å². The highest BCUT2D eigenvalue weighted by molar-refractivity contribution is 5.97. The molecule has 3 aromatic rings. The van der Waals surface area contributed by atoms with Crippen LogP contribution in [0, 0.1) is 11.7 Å². The van der Waals surface area contributed by atoms with Crippen molar-refractivity contribution >= 4 is 22.5 Å². The topological polar surface area (TPSA) is 78.5 Å².